The van der Waals surface area contributed by atoms with Crippen LogP contribution in [-0.2, 0) is 7.05 Å². The van der Waals surface area contributed by atoms with Crippen LogP contribution < -0.4 is 5.73 Å². The number of hydrogen-bond acceptors (Lipinski definition) is 4. The van der Waals surface area contributed by atoms with Crippen molar-refractivity contribution in [2.45, 2.75) is 31.6 Å². The molecule has 1 aliphatic carbocycles. The Morgan fingerprint density at radius 2 is 2.00 bits per heavy atom. The highest BCUT2D eigenvalue weighted by molar-refractivity contribution is 5.77. The van der Waals surface area contributed by atoms with Crippen LogP contribution in [0.25, 0.3) is 16.8 Å². The third kappa shape index (κ3) is 1.98. The third-order valence-corrected chi connectivity index (χ3v) is 4.31. The summed E-state index contributed by atoms with van der Waals surface area (Å²) in [5.41, 5.74) is 10.1. The molecule has 0 spiro atoms. The van der Waals surface area contributed by atoms with E-state index in [-0.39, 0.29) is 0 Å². The molecule has 0 amide bonds. The highest BCUT2D eigenvalue weighted by Crippen LogP contribution is 2.35. The number of aromatic nitrogens is 5. The molecule has 6 nitrogen and oxygen atoms in total. The van der Waals surface area contributed by atoms with Crippen molar-refractivity contribution in [1.29, 1.82) is 0 Å². The van der Waals surface area contributed by atoms with E-state index in [0.29, 0.717) is 11.7 Å². The number of nitrogens with two attached hydrogens (primary N) is 1. The molecular weight excluding hydrogens is 264 g/mol. The molecule has 21 heavy (non-hydrogen) atoms. The third-order valence-electron chi connectivity index (χ3n) is 4.31. The Balaban J connectivity index is 1.89. The molecule has 0 radical (unpaired) electrons. The smallest absolute Gasteiger partial charge is 0.165 e. The fourth-order valence-electron chi connectivity index (χ4n) is 3.20. The van der Waals surface area contributed by atoms with Crippen LogP contribution in [0.3, 0.4) is 0 Å². The van der Waals surface area contributed by atoms with E-state index in [2.05, 4.69) is 10.2 Å². The second-order valence-electron chi connectivity index (χ2n) is 5.78. The van der Waals surface area contributed by atoms with Gasteiger partial charge in [0.25, 0.3) is 0 Å². The summed E-state index contributed by atoms with van der Waals surface area (Å²) >= 11 is 0. The topological polar surface area (TPSA) is 74.0 Å². The van der Waals surface area contributed by atoms with Crippen LogP contribution in [0.5, 0.6) is 0 Å². The molecule has 0 unspecified atom stereocenters. The minimum atomic E-state index is 0.536. The van der Waals surface area contributed by atoms with Gasteiger partial charge in [0.15, 0.2) is 5.65 Å². The summed E-state index contributed by atoms with van der Waals surface area (Å²) in [7, 11) is 1.90. The predicted octanol–water partition coefficient (Wildman–Crippen LogP) is 2.37. The van der Waals surface area contributed by atoms with Gasteiger partial charge in [-0.1, -0.05) is 12.8 Å². The quantitative estimate of drug-likeness (QED) is 0.783. The Morgan fingerprint density at radius 3 is 2.71 bits per heavy atom. The van der Waals surface area contributed by atoms with E-state index >= 15 is 0 Å². The Bertz CT molecular complexity index is 794. The Labute approximate surface area is 122 Å². The van der Waals surface area contributed by atoms with Crippen molar-refractivity contribution in [2.75, 3.05) is 5.73 Å². The summed E-state index contributed by atoms with van der Waals surface area (Å²) < 4.78 is 3.49. The van der Waals surface area contributed by atoms with Gasteiger partial charge < -0.3 is 5.73 Å². The highest BCUT2D eigenvalue weighted by atomic mass is 15.3. The lowest BCUT2D eigenvalue weighted by molar-refractivity contribution is 0.696. The van der Waals surface area contributed by atoms with Gasteiger partial charge in [-0.05, 0) is 12.8 Å². The van der Waals surface area contributed by atoms with E-state index in [1.54, 1.807) is 9.20 Å². The van der Waals surface area contributed by atoms with Crippen LogP contribution in [-0.4, -0.2) is 24.4 Å². The van der Waals surface area contributed by atoms with E-state index in [0.717, 1.165) is 22.5 Å². The van der Waals surface area contributed by atoms with Crippen LogP contribution >= 0.6 is 0 Å². The van der Waals surface area contributed by atoms with Crippen molar-refractivity contribution in [1.82, 2.24) is 24.4 Å². The van der Waals surface area contributed by atoms with Crippen molar-refractivity contribution in [3.8, 4) is 11.1 Å². The van der Waals surface area contributed by atoms with E-state index in [1.165, 1.54) is 25.7 Å². The molecule has 3 aromatic rings. The fourth-order valence-corrected chi connectivity index (χ4v) is 3.20. The predicted molar refractivity (Wildman–Crippen MR) is 80.8 cm³/mol. The summed E-state index contributed by atoms with van der Waals surface area (Å²) in [5, 5.41) is 8.59. The van der Waals surface area contributed by atoms with Crippen LogP contribution in [0, 0.1) is 0 Å². The zero-order valence-electron chi connectivity index (χ0n) is 12.0. The van der Waals surface area contributed by atoms with Crippen molar-refractivity contribution in [2.24, 2.45) is 7.05 Å². The fraction of sp³-hybridized carbons (Fsp3) is 0.400. The van der Waals surface area contributed by atoms with Gasteiger partial charge in [-0.2, -0.15) is 14.7 Å². The van der Waals surface area contributed by atoms with Gasteiger partial charge in [-0.15, -0.1) is 0 Å². The van der Waals surface area contributed by atoms with Crippen molar-refractivity contribution >= 4 is 11.5 Å². The van der Waals surface area contributed by atoms with Crippen LogP contribution in [0.2, 0.25) is 0 Å². The average molecular weight is 282 g/mol. The van der Waals surface area contributed by atoms with E-state index in [4.69, 9.17) is 10.7 Å². The van der Waals surface area contributed by atoms with Gasteiger partial charge in [0.1, 0.15) is 5.82 Å². The molecule has 0 saturated heterocycles. The maximum Gasteiger partial charge on any atom is 0.165 e. The number of nitrogen functional groups attached to an aromatic ring is 1. The Morgan fingerprint density at radius 1 is 1.19 bits per heavy atom. The van der Waals surface area contributed by atoms with Crippen LogP contribution in [0.15, 0.2) is 24.7 Å². The minimum Gasteiger partial charge on any atom is -0.384 e. The first kappa shape index (κ1) is 12.4. The highest BCUT2D eigenvalue weighted by Gasteiger charge is 2.21. The molecule has 0 aromatic carbocycles. The zero-order valence-corrected chi connectivity index (χ0v) is 12.0. The minimum absolute atomic E-state index is 0.536. The average Bonchev–Trinajstić information content (AvgIpc) is 3.17. The first-order valence-electron chi connectivity index (χ1n) is 7.35. The summed E-state index contributed by atoms with van der Waals surface area (Å²) in [6.07, 6.45) is 10.6. The molecule has 0 aliphatic heterocycles. The molecule has 1 aliphatic rings. The molecule has 1 saturated carbocycles. The number of nitrogens with zero attached hydrogens (tertiary/aromatic N) is 5. The SMILES string of the molecule is Cn1cc(-c2cnn3c(N)cc(C4CCCC4)nc23)cn1. The lowest BCUT2D eigenvalue weighted by atomic mass is 10.0. The lowest BCUT2D eigenvalue weighted by Gasteiger charge is -2.10. The maximum absolute atomic E-state index is 6.16. The Hall–Kier alpha value is -2.37. The van der Waals surface area contributed by atoms with Crippen molar-refractivity contribution in [3.63, 3.8) is 0 Å². The monoisotopic (exact) mass is 282 g/mol. The molecule has 4 rings (SSSR count). The van der Waals surface area contributed by atoms with Crippen molar-refractivity contribution < 1.29 is 0 Å². The van der Waals surface area contributed by atoms with Gasteiger partial charge in [0.05, 0.1) is 12.4 Å². The number of aryl methyl sites for hydroxylation is 1. The van der Waals surface area contributed by atoms with Gasteiger partial charge in [-0.3, -0.25) is 4.68 Å². The zero-order chi connectivity index (χ0) is 14.4. The molecular formula is C15H18N6. The van der Waals surface area contributed by atoms with Crippen LogP contribution in [0.1, 0.15) is 37.3 Å². The van der Waals surface area contributed by atoms with Gasteiger partial charge in [0, 0.05) is 42.0 Å². The number of hydrogen-bond donors (Lipinski definition) is 1. The number of fused-ring (bicyclic) bond motifs is 1. The number of rotatable bonds is 2. The van der Waals surface area contributed by atoms with Crippen LogP contribution in [0.4, 0.5) is 5.82 Å². The molecule has 0 bridgehead atoms. The maximum atomic E-state index is 6.16. The van der Waals surface area contributed by atoms with Gasteiger partial charge in [0.2, 0.25) is 0 Å². The first-order valence-corrected chi connectivity index (χ1v) is 7.35. The molecule has 108 valence electrons. The molecule has 0 atom stereocenters. The molecule has 2 N–H and O–H groups in total. The van der Waals surface area contributed by atoms with E-state index in [1.807, 2.05) is 31.7 Å². The Kier molecular flexibility index (Phi) is 2.70. The summed E-state index contributed by atoms with van der Waals surface area (Å²) in [4.78, 5) is 4.85. The standard InChI is InChI=1S/C15H18N6/c1-20-9-11(7-17-20)12-8-18-21-14(16)6-13(19-15(12)21)10-4-2-3-5-10/h6-10H,2-5,16H2,1H3. The van der Waals surface area contributed by atoms with Gasteiger partial charge in [-0.25, -0.2) is 4.98 Å². The van der Waals surface area contributed by atoms with E-state index < -0.39 is 0 Å². The first-order chi connectivity index (χ1) is 10.2. The van der Waals surface area contributed by atoms with Crippen molar-refractivity contribution in [3.05, 3.63) is 30.4 Å². The molecule has 1 fully saturated rings. The summed E-state index contributed by atoms with van der Waals surface area (Å²) in [6.45, 7) is 0. The lowest BCUT2D eigenvalue weighted by Crippen LogP contribution is -2.05. The largest absolute Gasteiger partial charge is 0.384 e. The second-order valence-corrected chi connectivity index (χ2v) is 5.78. The second kappa shape index (κ2) is 4.58. The van der Waals surface area contributed by atoms with Gasteiger partial charge >= 0.3 is 0 Å². The summed E-state index contributed by atoms with van der Waals surface area (Å²) in [5.74, 6) is 1.19. The molecule has 3 aromatic heterocycles. The number of anilines is 1. The molecule has 6 heteroatoms. The normalized spacial score (nSPS) is 16.0. The summed E-state index contributed by atoms with van der Waals surface area (Å²) in [6, 6.07) is 1.98. The van der Waals surface area contributed by atoms with E-state index in [9.17, 15) is 0 Å². The molecule has 3 heterocycles.